The van der Waals surface area contributed by atoms with Crippen LogP contribution in [0.1, 0.15) is 30.1 Å². The molecule has 3 heterocycles. The van der Waals surface area contributed by atoms with Gasteiger partial charge in [-0.05, 0) is 25.0 Å². The van der Waals surface area contributed by atoms with Crippen LogP contribution in [0.2, 0.25) is 0 Å². The Hall–Kier alpha value is -2.50. The summed E-state index contributed by atoms with van der Waals surface area (Å²) in [6.07, 6.45) is 7.94. The van der Waals surface area contributed by atoms with Crippen molar-refractivity contribution in [3.63, 3.8) is 0 Å². The molecule has 0 bridgehead atoms. The average Bonchev–Trinajstić information content (AvgIpc) is 3.27. The highest BCUT2D eigenvalue weighted by molar-refractivity contribution is 5.38. The quantitative estimate of drug-likeness (QED) is 0.723. The van der Waals surface area contributed by atoms with Crippen LogP contribution < -0.4 is 4.74 Å². The molecule has 0 spiro atoms. The summed E-state index contributed by atoms with van der Waals surface area (Å²) >= 11 is 0. The molecule has 0 aliphatic heterocycles. The molecule has 0 unspecified atom stereocenters. The second-order valence-electron chi connectivity index (χ2n) is 4.92. The molecule has 6 nitrogen and oxygen atoms in total. The second-order valence-corrected chi connectivity index (χ2v) is 4.92. The first-order valence-electron chi connectivity index (χ1n) is 6.63. The maximum atomic E-state index is 5.67. The Kier molecular flexibility index (Phi) is 2.58. The van der Waals surface area contributed by atoms with E-state index in [1.54, 1.807) is 4.40 Å². The molecule has 4 rings (SSSR count). The second kappa shape index (κ2) is 4.56. The summed E-state index contributed by atoms with van der Waals surface area (Å²) in [5.41, 5.74) is 1.70. The molecule has 3 aromatic heterocycles. The van der Waals surface area contributed by atoms with Crippen LogP contribution in [-0.2, 0) is 6.61 Å². The van der Waals surface area contributed by atoms with E-state index in [1.165, 1.54) is 12.8 Å². The van der Waals surface area contributed by atoms with E-state index in [1.807, 2.05) is 36.8 Å². The number of fused-ring (bicyclic) bond motifs is 1. The largest absolute Gasteiger partial charge is 0.458 e. The van der Waals surface area contributed by atoms with Gasteiger partial charge in [0.2, 0.25) is 0 Å². The van der Waals surface area contributed by atoms with Crippen molar-refractivity contribution in [3.8, 4) is 6.01 Å². The number of rotatable bonds is 4. The van der Waals surface area contributed by atoms with Gasteiger partial charge in [0.15, 0.2) is 5.65 Å². The number of hydrogen-bond acceptors (Lipinski definition) is 5. The summed E-state index contributed by atoms with van der Waals surface area (Å²) in [6.45, 7) is 0.390. The Morgan fingerprint density at radius 1 is 1.15 bits per heavy atom. The monoisotopic (exact) mass is 267 g/mol. The molecule has 0 saturated heterocycles. The highest BCUT2D eigenvalue weighted by Gasteiger charge is 2.26. The Morgan fingerprint density at radius 2 is 2.00 bits per heavy atom. The van der Waals surface area contributed by atoms with E-state index in [0.29, 0.717) is 18.5 Å². The standard InChI is InChI=1S/C14H13N5O/c1-2-6-19-12(3-1)17-18-14(19)20-9-10-7-15-13(16-8-10)11-4-5-11/h1-3,6-8,11H,4-5,9H2. The third kappa shape index (κ3) is 2.09. The van der Waals surface area contributed by atoms with Gasteiger partial charge >= 0.3 is 6.01 Å². The minimum atomic E-state index is 0.390. The highest BCUT2D eigenvalue weighted by atomic mass is 16.5. The summed E-state index contributed by atoms with van der Waals surface area (Å²) in [5, 5.41) is 8.05. The zero-order valence-corrected chi connectivity index (χ0v) is 10.8. The molecule has 1 fully saturated rings. The zero-order chi connectivity index (χ0) is 13.4. The van der Waals surface area contributed by atoms with Crippen LogP contribution in [0.25, 0.3) is 5.65 Å². The van der Waals surface area contributed by atoms with Crippen molar-refractivity contribution in [1.29, 1.82) is 0 Å². The van der Waals surface area contributed by atoms with Crippen LogP contribution in [0, 0.1) is 0 Å². The SMILES string of the molecule is c1ccn2c(OCc3cnc(C4CC4)nc3)nnc2c1. The van der Waals surface area contributed by atoms with Gasteiger partial charge in [-0.25, -0.2) is 9.97 Å². The highest BCUT2D eigenvalue weighted by Crippen LogP contribution is 2.37. The van der Waals surface area contributed by atoms with Crippen LogP contribution in [-0.4, -0.2) is 24.6 Å². The fraction of sp³-hybridized carbons (Fsp3) is 0.286. The first-order chi connectivity index (χ1) is 9.90. The lowest BCUT2D eigenvalue weighted by atomic mass is 10.3. The third-order valence-corrected chi connectivity index (χ3v) is 3.32. The molecule has 6 heteroatoms. The average molecular weight is 267 g/mol. The normalized spacial score (nSPS) is 14.6. The first kappa shape index (κ1) is 11.3. The number of hydrogen-bond donors (Lipinski definition) is 0. The molecular weight excluding hydrogens is 254 g/mol. The fourth-order valence-electron chi connectivity index (χ4n) is 2.06. The van der Waals surface area contributed by atoms with Crippen LogP contribution in [0.4, 0.5) is 0 Å². The van der Waals surface area contributed by atoms with E-state index in [0.717, 1.165) is 17.0 Å². The molecule has 0 atom stereocenters. The summed E-state index contributed by atoms with van der Waals surface area (Å²) in [7, 11) is 0. The van der Waals surface area contributed by atoms with E-state index in [2.05, 4.69) is 20.2 Å². The molecule has 1 aliphatic carbocycles. The van der Waals surface area contributed by atoms with E-state index in [9.17, 15) is 0 Å². The van der Waals surface area contributed by atoms with Crippen LogP contribution in [0.5, 0.6) is 6.01 Å². The lowest BCUT2D eigenvalue weighted by molar-refractivity contribution is 0.276. The Labute approximate surface area is 115 Å². The molecule has 0 N–H and O–H groups in total. The molecule has 100 valence electrons. The van der Waals surface area contributed by atoms with Gasteiger partial charge in [0.05, 0.1) is 0 Å². The van der Waals surface area contributed by atoms with Crippen molar-refractivity contribution < 1.29 is 4.74 Å². The third-order valence-electron chi connectivity index (χ3n) is 3.32. The Morgan fingerprint density at radius 3 is 2.80 bits per heavy atom. The van der Waals surface area contributed by atoms with Crippen molar-refractivity contribution in [2.24, 2.45) is 0 Å². The lowest BCUT2D eigenvalue weighted by Crippen LogP contribution is -2.01. The zero-order valence-electron chi connectivity index (χ0n) is 10.8. The predicted octanol–water partition coefficient (Wildman–Crippen LogP) is 1.98. The molecule has 20 heavy (non-hydrogen) atoms. The number of ether oxygens (including phenoxy) is 1. The van der Waals surface area contributed by atoms with E-state index in [-0.39, 0.29) is 0 Å². The molecule has 1 aliphatic rings. The van der Waals surface area contributed by atoms with Crippen molar-refractivity contribution in [1.82, 2.24) is 24.6 Å². The van der Waals surface area contributed by atoms with Crippen LogP contribution in [0.15, 0.2) is 36.8 Å². The molecule has 0 amide bonds. The molecule has 1 saturated carbocycles. The maximum absolute atomic E-state index is 5.67. The van der Waals surface area contributed by atoms with Gasteiger partial charge in [0.25, 0.3) is 0 Å². The van der Waals surface area contributed by atoms with E-state index in [4.69, 9.17) is 4.74 Å². The van der Waals surface area contributed by atoms with Gasteiger partial charge < -0.3 is 4.74 Å². The minimum Gasteiger partial charge on any atom is -0.458 e. The summed E-state index contributed by atoms with van der Waals surface area (Å²) in [6, 6.07) is 6.19. The molecule has 3 aromatic rings. The lowest BCUT2D eigenvalue weighted by Gasteiger charge is -2.04. The summed E-state index contributed by atoms with van der Waals surface area (Å²) < 4.78 is 7.48. The summed E-state index contributed by atoms with van der Waals surface area (Å²) in [4.78, 5) is 8.74. The van der Waals surface area contributed by atoms with Crippen LogP contribution >= 0.6 is 0 Å². The number of pyridine rings is 1. The van der Waals surface area contributed by atoms with Crippen molar-refractivity contribution in [3.05, 3.63) is 48.2 Å². The fourth-order valence-corrected chi connectivity index (χ4v) is 2.06. The van der Waals surface area contributed by atoms with E-state index < -0.39 is 0 Å². The van der Waals surface area contributed by atoms with Gasteiger partial charge in [0, 0.05) is 30.1 Å². The first-order valence-corrected chi connectivity index (χ1v) is 6.63. The van der Waals surface area contributed by atoms with Crippen LogP contribution in [0.3, 0.4) is 0 Å². The minimum absolute atomic E-state index is 0.390. The maximum Gasteiger partial charge on any atom is 0.321 e. The van der Waals surface area contributed by atoms with Gasteiger partial charge in [-0.3, -0.25) is 4.40 Å². The van der Waals surface area contributed by atoms with Crippen molar-refractivity contribution in [2.75, 3.05) is 0 Å². The van der Waals surface area contributed by atoms with E-state index >= 15 is 0 Å². The van der Waals surface area contributed by atoms with Gasteiger partial charge in [-0.15, -0.1) is 5.10 Å². The smallest absolute Gasteiger partial charge is 0.321 e. The molecular formula is C14H13N5O. The number of nitrogens with zero attached hydrogens (tertiary/aromatic N) is 5. The number of aromatic nitrogens is 5. The Bertz CT molecular complexity index is 733. The van der Waals surface area contributed by atoms with Crippen molar-refractivity contribution >= 4 is 5.65 Å². The van der Waals surface area contributed by atoms with Crippen molar-refractivity contribution in [2.45, 2.75) is 25.4 Å². The van der Waals surface area contributed by atoms with Gasteiger partial charge in [-0.2, -0.15) is 0 Å². The molecule has 0 aromatic carbocycles. The predicted molar refractivity (Wildman–Crippen MR) is 71.3 cm³/mol. The Balaban J connectivity index is 1.49. The van der Waals surface area contributed by atoms with Gasteiger partial charge in [-0.1, -0.05) is 11.2 Å². The topological polar surface area (TPSA) is 65.2 Å². The molecule has 0 radical (unpaired) electrons. The van der Waals surface area contributed by atoms with Gasteiger partial charge in [0.1, 0.15) is 12.4 Å². The summed E-state index contributed by atoms with van der Waals surface area (Å²) in [5.74, 6) is 1.52.